The standard InChI is InChI=1S/C34H39NO5S.2C31H36N2O5S2/c1-4-7-30-39-28-17-24-23-12-11-21-16-22(36)14-15-32(21,2)31(23)26(37)18-33(24,3)34(28,40-30)27(38)19-41-29-13-10-20-8-5-6-9-25(20)35-29;2*1-4-6-25-37-24-14-20-19-9-8-17-13-18(34)10-11-29(17,2)26(19)22(35)15-30(20,3)31(24,38-25)23(36)16-39-28-33-21-7-5-12-32-27(21)40-28/h5-6,8-10,13-16,23-24,26,28,30-31,37H,4,7,11-12,17-19H2,1-3H3;2*5,7,10-13,19-20,22,24-26,35H,4,6,8-9,14-16H2,1-3H3/t23?,24?,26-,28+,30-,31?,32?,33?,34+;2*19?,20?,22-,24+,25-,26?,29?,30?,31+/m000/s1. The zero-order valence-corrected chi connectivity index (χ0v) is 74.5. The highest BCUT2D eigenvalue weighted by Gasteiger charge is 2.79. The van der Waals surface area contributed by atoms with Crippen molar-refractivity contribution in [1.82, 2.24) is 24.9 Å². The molecule has 0 spiro atoms. The van der Waals surface area contributed by atoms with E-state index in [0.29, 0.717) is 19.3 Å². The Hall–Kier alpha value is -6.14. The molecular formula is C96H111N5O15S5. The van der Waals surface area contributed by atoms with Crippen molar-refractivity contribution in [2.24, 2.45) is 85.8 Å². The Morgan fingerprint density at radius 3 is 1.17 bits per heavy atom. The van der Waals surface area contributed by atoms with Gasteiger partial charge in [-0.15, -0.1) is 0 Å². The molecule has 3 aliphatic heterocycles. The van der Waals surface area contributed by atoms with E-state index in [-0.39, 0.29) is 140 Å². The summed E-state index contributed by atoms with van der Waals surface area (Å²) in [4.78, 5) is 105. The molecular weight excluding hydrogens is 1620 g/mol. The normalized spacial score (nSPS) is 41.5. The van der Waals surface area contributed by atoms with Crippen LogP contribution < -0.4 is 0 Å². The lowest BCUT2D eigenvalue weighted by Crippen LogP contribution is -2.63. The van der Waals surface area contributed by atoms with Gasteiger partial charge in [0.2, 0.25) is 0 Å². The lowest BCUT2D eigenvalue weighted by Gasteiger charge is -2.59. The number of aliphatic hydroxyl groups excluding tert-OH is 3. The number of nitrogens with zero attached hydrogens (tertiary/aromatic N) is 5. The fourth-order valence-corrected chi connectivity index (χ4v) is 32.1. The summed E-state index contributed by atoms with van der Waals surface area (Å²) in [5.41, 5.74) is -0.0201. The number of fused-ring (bicyclic) bond motifs is 24. The first-order valence-corrected chi connectivity index (χ1v) is 48.8. The minimum absolute atomic E-state index is 0.00137. The topological polar surface area (TPSA) is 283 Å². The van der Waals surface area contributed by atoms with E-state index < -0.39 is 70.2 Å². The Labute approximate surface area is 728 Å². The summed E-state index contributed by atoms with van der Waals surface area (Å²) in [6.45, 7) is 19.4. The molecule has 640 valence electrons. The maximum absolute atomic E-state index is 14.5. The van der Waals surface area contributed by atoms with E-state index in [1.807, 2.05) is 78.9 Å². The van der Waals surface area contributed by atoms with E-state index in [2.05, 4.69) is 82.2 Å². The number of carbonyl (C=O) groups excluding carboxylic acids is 6. The molecule has 1 aromatic carbocycles. The van der Waals surface area contributed by atoms with Crippen LogP contribution >= 0.6 is 58.0 Å². The van der Waals surface area contributed by atoms with Crippen molar-refractivity contribution in [3.05, 3.63) is 144 Å². The highest BCUT2D eigenvalue weighted by atomic mass is 32.2. The second-order valence-electron chi connectivity index (χ2n) is 38.5. The van der Waals surface area contributed by atoms with E-state index in [9.17, 15) is 44.1 Å². The van der Waals surface area contributed by atoms with Crippen molar-refractivity contribution < 1.29 is 72.5 Å². The molecule has 20 nitrogen and oxygen atoms in total. The van der Waals surface area contributed by atoms with Gasteiger partial charge in [-0.25, -0.2) is 24.9 Å². The number of Topliss-reactive ketones (excluding diaryl/α,β-unsaturated/α-hetero) is 3. The first kappa shape index (κ1) is 84.4. The monoisotopic (exact) mass is 1730 g/mol. The number of aromatic nitrogens is 5. The Balaban J connectivity index is 0.000000120. The molecule has 25 heteroatoms. The van der Waals surface area contributed by atoms with Crippen LogP contribution in [0.15, 0.2) is 158 Å². The van der Waals surface area contributed by atoms with E-state index >= 15 is 0 Å². The zero-order valence-electron chi connectivity index (χ0n) is 70.4. The first-order valence-electron chi connectivity index (χ1n) is 44.2. The number of hydrogen-bond acceptors (Lipinski definition) is 25. The summed E-state index contributed by atoms with van der Waals surface area (Å²) < 4.78 is 41.6. The van der Waals surface area contributed by atoms with Gasteiger partial charge in [0.1, 0.15) is 20.7 Å². The largest absolute Gasteiger partial charge is 0.393 e. The zero-order chi connectivity index (χ0) is 84.3. The lowest BCUT2D eigenvalue weighted by molar-refractivity contribution is -0.197. The number of rotatable bonds is 18. The van der Waals surface area contributed by atoms with Gasteiger partial charge in [0.25, 0.3) is 0 Å². The first-order chi connectivity index (χ1) is 58.1. The van der Waals surface area contributed by atoms with E-state index in [4.69, 9.17) is 33.4 Å². The van der Waals surface area contributed by atoms with Crippen molar-refractivity contribution in [3.63, 3.8) is 0 Å². The number of ketones is 6. The quantitative estimate of drug-likeness (QED) is 0.0674. The summed E-state index contributed by atoms with van der Waals surface area (Å²) in [6, 6.07) is 19.6. The van der Waals surface area contributed by atoms with Crippen LogP contribution in [0.2, 0.25) is 0 Å². The van der Waals surface area contributed by atoms with Crippen LogP contribution in [0.4, 0.5) is 0 Å². The predicted octanol–water partition coefficient (Wildman–Crippen LogP) is 17.1. The number of thiazole rings is 2. The number of benzene rings is 1. The van der Waals surface area contributed by atoms with Gasteiger partial charge < -0.3 is 43.7 Å². The maximum atomic E-state index is 14.5. The molecule has 3 saturated heterocycles. The Morgan fingerprint density at radius 2 is 0.810 bits per heavy atom. The number of hydrogen-bond donors (Lipinski definition) is 3. The second kappa shape index (κ2) is 31.7. The highest BCUT2D eigenvalue weighted by molar-refractivity contribution is 8.02. The number of para-hydroxylation sites is 1. The fraction of sp³-hybridized carbons (Fsp3) is 0.594. The molecule has 0 bridgehead atoms. The second-order valence-corrected chi connectivity index (χ2v) is 43.9. The third-order valence-electron chi connectivity index (χ3n) is 32.6. The molecule has 0 radical (unpaired) electrons. The van der Waals surface area contributed by atoms with Crippen LogP contribution in [-0.2, 0) is 57.2 Å². The van der Waals surface area contributed by atoms with Gasteiger partial charge in [-0.2, -0.15) is 0 Å². The van der Waals surface area contributed by atoms with E-state index in [1.165, 1.54) is 58.0 Å². The minimum atomic E-state index is -1.10. The van der Waals surface area contributed by atoms with Gasteiger partial charge in [-0.3, -0.25) is 28.8 Å². The van der Waals surface area contributed by atoms with Gasteiger partial charge in [0, 0.05) is 68.0 Å². The van der Waals surface area contributed by atoms with Gasteiger partial charge in [0.15, 0.2) is 79.1 Å². The molecule has 121 heavy (non-hydrogen) atoms. The van der Waals surface area contributed by atoms with Gasteiger partial charge in [0.05, 0.1) is 64.4 Å². The van der Waals surface area contributed by atoms with Crippen molar-refractivity contribution in [2.75, 3.05) is 17.3 Å². The van der Waals surface area contributed by atoms with Crippen molar-refractivity contribution in [1.29, 1.82) is 0 Å². The molecule has 21 rings (SSSR count). The summed E-state index contributed by atoms with van der Waals surface area (Å²) >= 11 is 7.35. The Kier molecular flexibility index (Phi) is 22.1. The third-order valence-corrected chi connectivity index (χ3v) is 37.7. The third kappa shape index (κ3) is 13.3. The fourth-order valence-electron chi connectivity index (χ4n) is 27.5. The Bertz CT molecular complexity index is 5090. The SMILES string of the molecule is CCC[C@H]1O[C@@H]2CC3C4CCC5=CC(=O)C=CC5(C)C4[C@@H](O)CC3(C)[C@]2(C(=O)CSc2ccc3ccccc3n2)O1.CCC[C@H]1O[C@@H]2CC3C4CCC5=CC(=O)C=CC5(C)C4[C@@H](O)CC3(C)[C@]2(C(=O)CSc2nc3cccnc3s2)O1.CCC[C@H]1O[C@@H]2CC3C4CCC5=CC(=O)C=CC5(C)C4[C@@H](O)CC3(C)[C@]2(C(=O)CSc2nc3cccnc3s2)O1. The van der Waals surface area contributed by atoms with Crippen LogP contribution in [0.5, 0.6) is 0 Å². The molecule has 15 aliphatic rings. The van der Waals surface area contributed by atoms with Gasteiger partial charge in [-0.1, -0.05) is 199 Å². The molecule has 0 amide bonds. The number of ether oxygens (including phenoxy) is 6. The number of allylic oxidation sites excluding steroid dienone is 12. The molecule has 8 heterocycles. The molecule has 12 fully saturated rings. The molecule has 6 aromatic rings. The molecule has 5 aromatic heterocycles. The average molecular weight is 1740 g/mol. The maximum Gasteiger partial charge on any atom is 0.178 e. The predicted molar refractivity (Wildman–Crippen MR) is 466 cm³/mol. The van der Waals surface area contributed by atoms with E-state index in [1.54, 1.807) is 48.8 Å². The van der Waals surface area contributed by atoms with Crippen LogP contribution in [0, 0.1) is 85.8 Å². The molecule has 15 unspecified atom stereocenters. The van der Waals surface area contributed by atoms with Gasteiger partial charge >= 0.3 is 0 Å². The van der Waals surface area contributed by atoms with Crippen LogP contribution in [0.1, 0.15) is 178 Å². The van der Waals surface area contributed by atoms with Crippen LogP contribution in [0.3, 0.4) is 0 Å². The smallest absolute Gasteiger partial charge is 0.178 e. The summed E-state index contributed by atoms with van der Waals surface area (Å²) in [7, 11) is 0. The number of pyridine rings is 3. The lowest BCUT2D eigenvalue weighted by atomic mass is 9.46. The summed E-state index contributed by atoms with van der Waals surface area (Å²) in [5, 5.41) is 37.6. The highest BCUT2D eigenvalue weighted by Crippen LogP contribution is 2.74. The number of aliphatic hydroxyl groups is 3. The van der Waals surface area contributed by atoms with Gasteiger partial charge in [-0.05, 0) is 205 Å². The average Bonchev–Trinajstić information content (AvgIpc) is 1.53. The van der Waals surface area contributed by atoms with Crippen LogP contribution in [0.25, 0.3) is 31.6 Å². The van der Waals surface area contributed by atoms with Crippen LogP contribution in [-0.4, -0.2) is 164 Å². The van der Waals surface area contributed by atoms with Crippen molar-refractivity contribution in [3.8, 4) is 0 Å². The summed E-state index contributed by atoms with van der Waals surface area (Å²) in [6.07, 6.45) is 29.7. The molecule has 12 aliphatic carbocycles. The van der Waals surface area contributed by atoms with Crippen molar-refractivity contribution >= 4 is 124 Å². The number of carbonyl (C=O) groups is 6. The molecule has 9 saturated carbocycles. The molecule has 3 N–H and O–H groups in total. The molecule has 27 atom stereocenters. The van der Waals surface area contributed by atoms with E-state index in [0.717, 1.165) is 158 Å². The minimum Gasteiger partial charge on any atom is -0.393 e. The Morgan fingerprint density at radius 1 is 0.455 bits per heavy atom. The summed E-state index contributed by atoms with van der Waals surface area (Å²) in [5.74, 6) is 2.10. The number of thioether (sulfide) groups is 3. The van der Waals surface area contributed by atoms with Crippen molar-refractivity contribution in [2.45, 2.75) is 264 Å².